The minimum atomic E-state index is -4.73. The average Bonchev–Trinajstić information content (AvgIpc) is 3.79. The van der Waals surface area contributed by atoms with Gasteiger partial charge in [0, 0.05) is 63.9 Å². The molecule has 0 spiro atoms. The molecule has 4 heterocycles. The molecule has 11 nitrogen and oxygen atoms in total. The molecule has 1 aliphatic carbocycles. The Bertz CT molecular complexity index is 1840. The third-order valence-corrected chi connectivity index (χ3v) is 10.2. The zero-order valence-corrected chi connectivity index (χ0v) is 30.6. The number of aromatic amines is 1. The predicted octanol–water partition coefficient (Wildman–Crippen LogP) is 7.13. The van der Waals surface area contributed by atoms with Gasteiger partial charge in [-0.1, -0.05) is 26.2 Å². The van der Waals surface area contributed by atoms with Crippen LogP contribution >= 0.6 is 0 Å². The van der Waals surface area contributed by atoms with Gasteiger partial charge in [0.2, 0.25) is 0 Å². The molecule has 0 bridgehead atoms. The van der Waals surface area contributed by atoms with E-state index in [0.717, 1.165) is 76.8 Å². The van der Waals surface area contributed by atoms with Gasteiger partial charge >= 0.3 is 12.1 Å². The largest absolute Gasteiger partial charge is 0.466 e. The van der Waals surface area contributed by atoms with Crippen LogP contribution in [-0.4, -0.2) is 102 Å². The van der Waals surface area contributed by atoms with E-state index in [0.29, 0.717) is 73.9 Å². The molecular formula is C38H48F4N8O3. The molecule has 4 aromatic rings. The topological polar surface area (TPSA) is 113 Å². The Labute approximate surface area is 307 Å². The summed E-state index contributed by atoms with van der Waals surface area (Å²) in [6, 6.07) is 4.16. The monoisotopic (exact) mass is 740 g/mol. The lowest BCUT2D eigenvalue weighted by molar-refractivity contribution is -0.143. The van der Waals surface area contributed by atoms with Gasteiger partial charge in [-0.15, -0.1) is 0 Å². The van der Waals surface area contributed by atoms with Gasteiger partial charge in [0.15, 0.2) is 11.5 Å². The Morgan fingerprint density at radius 2 is 1.77 bits per heavy atom. The van der Waals surface area contributed by atoms with E-state index in [4.69, 9.17) is 14.5 Å². The van der Waals surface area contributed by atoms with Crippen molar-refractivity contribution < 1.29 is 31.8 Å². The second-order valence-electron chi connectivity index (χ2n) is 14.1. The number of fused-ring (bicyclic) bond motifs is 1. The normalized spacial score (nSPS) is 16.4. The average molecular weight is 741 g/mol. The number of hydrogen-bond donors (Lipinski definition) is 1. The van der Waals surface area contributed by atoms with Crippen LogP contribution in [0.2, 0.25) is 0 Å². The van der Waals surface area contributed by atoms with Crippen LogP contribution < -0.4 is 9.80 Å². The van der Waals surface area contributed by atoms with Gasteiger partial charge in [0.1, 0.15) is 22.8 Å². The zero-order chi connectivity index (χ0) is 37.6. The van der Waals surface area contributed by atoms with E-state index in [1.54, 1.807) is 25.4 Å². The molecule has 1 aromatic carbocycles. The molecule has 0 radical (unpaired) electrons. The van der Waals surface area contributed by atoms with Crippen molar-refractivity contribution in [3.8, 4) is 22.8 Å². The number of anilines is 2. The van der Waals surface area contributed by atoms with Gasteiger partial charge in [-0.05, 0) is 50.5 Å². The third kappa shape index (κ3) is 9.42. The van der Waals surface area contributed by atoms with Gasteiger partial charge in [-0.3, -0.25) is 9.69 Å². The Morgan fingerprint density at radius 3 is 2.45 bits per heavy atom. The number of alkyl halides is 3. The van der Waals surface area contributed by atoms with E-state index in [1.165, 1.54) is 0 Å². The van der Waals surface area contributed by atoms with E-state index in [1.807, 2.05) is 7.05 Å². The lowest BCUT2D eigenvalue weighted by Gasteiger charge is -2.35. The molecule has 53 heavy (non-hydrogen) atoms. The maximum absolute atomic E-state index is 14.6. The van der Waals surface area contributed by atoms with Crippen molar-refractivity contribution in [2.75, 3.05) is 75.9 Å². The molecule has 1 saturated carbocycles. The highest BCUT2D eigenvalue weighted by molar-refractivity contribution is 5.91. The van der Waals surface area contributed by atoms with Crippen LogP contribution in [0, 0.1) is 11.2 Å². The molecule has 0 amide bonds. The van der Waals surface area contributed by atoms with E-state index in [-0.39, 0.29) is 28.3 Å². The van der Waals surface area contributed by atoms with Crippen LogP contribution in [0.5, 0.6) is 0 Å². The number of ether oxygens (including phenoxy) is 2. The molecule has 0 unspecified atom stereocenters. The second-order valence-corrected chi connectivity index (χ2v) is 14.1. The first-order valence-electron chi connectivity index (χ1n) is 18.5. The Morgan fingerprint density at radius 1 is 1.00 bits per heavy atom. The molecule has 2 aliphatic rings. The maximum atomic E-state index is 14.6. The number of esters is 1. The summed E-state index contributed by atoms with van der Waals surface area (Å²) in [5.41, 5.74) is 0.993. The summed E-state index contributed by atoms with van der Waals surface area (Å²) >= 11 is 0. The van der Waals surface area contributed by atoms with Gasteiger partial charge in [-0.2, -0.15) is 13.2 Å². The van der Waals surface area contributed by atoms with Crippen LogP contribution in [0.4, 0.5) is 29.1 Å². The van der Waals surface area contributed by atoms with E-state index < -0.39 is 17.6 Å². The van der Waals surface area contributed by atoms with E-state index in [9.17, 15) is 22.4 Å². The van der Waals surface area contributed by atoms with Crippen molar-refractivity contribution in [1.82, 2.24) is 29.8 Å². The lowest BCUT2D eigenvalue weighted by atomic mass is 9.86. The Kier molecular flexibility index (Phi) is 12.1. The smallest absolute Gasteiger partial charge is 0.416 e. The summed E-state index contributed by atoms with van der Waals surface area (Å²) in [6.07, 6.45) is 5.19. The molecule has 3 aromatic heterocycles. The molecule has 286 valence electrons. The highest BCUT2D eigenvalue weighted by atomic mass is 19.4. The molecule has 6 rings (SSSR count). The van der Waals surface area contributed by atoms with Gasteiger partial charge in [-0.25, -0.2) is 24.3 Å². The highest BCUT2D eigenvalue weighted by Gasteiger charge is 2.36. The number of H-pyrrole nitrogens is 1. The first-order valence-corrected chi connectivity index (χ1v) is 18.5. The number of rotatable bonds is 15. The van der Waals surface area contributed by atoms with Crippen LogP contribution in [-0.2, 0) is 20.4 Å². The van der Waals surface area contributed by atoms with Gasteiger partial charge in [0.25, 0.3) is 0 Å². The quantitative estimate of drug-likeness (QED) is 0.0768. The molecular weight excluding hydrogens is 692 g/mol. The number of benzene rings is 1. The summed E-state index contributed by atoms with van der Waals surface area (Å²) in [4.78, 5) is 40.3. The van der Waals surface area contributed by atoms with Crippen molar-refractivity contribution in [2.45, 2.75) is 65.0 Å². The number of piperazine rings is 1. The number of halogens is 4. The number of pyridine rings is 1. The molecule has 15 heteroatoms. The number of nitrogens with one attached hydrogen (secondary N) is 1. The zero-order valence-electron chi connectivity index (χ0n) is 30.6. The lowest BCUT2D eigenvalue weighted by Crippen LogP contribution is -2.47. The Balaban J connectivity index is 1.27. The SMILES string of the molecule is CCCCOCC1(CN(C)c2cc(-c3cc(F)cc(C(F)(F)F)c3)nc3nc(-c4cnc(N5CCN(CCC(=O)OCC)CC5)cn4)[nH]c23)CCCC1. The number of hydrogen-bond acceptors (Lipinski definition) is 10. The number of unbranched alkanes of at least 4 members (excludes halogenated alkanes) is 1. The minimum absolute atomic E-state index is 0.00189. The van der Waals surface area contributed by atoms with E-state index >= 15 is 0 Å². The fourth-order valence-corrected chi connectivity index (χ4v) is 7.33. The van der Waals surface area contributed by atoms with Crippen molar-refractivity contribution in [2.24, 2.45) is 5.41 Å². The second kappa shape index (κ2) is 16.8. The minimum Gasteiger partial charge on any atom is -0.466 e. The summed E-state index contributed by atoms with van der Waals surface area (Å²) < 4.78 is 66.9. The third-order valence-electron chi connectivity index (χ3n) is 10.2. The molecule has 2 fully saturated rings. The first-order chi connectivity index (χ1) is 25.5. The van der Waals surface area contributed by atoms with Crippen molar-refractivity contribution in [3.63, 3.8) is 0 Å². The molecule has 1 aliphatic heterocycles. The Hall–Kier alpha value is -4.37. The standard InChI is InChI=1S/C38H48F4N8O3/c1-4-6-17-52-25-37(10-7-8-11-37)24-48(3)31-21-29(26-18-27(38(40,41)42)20-28(39)19-26)45-36-34(31)46-35(47-36)30-22-44-32(23-43-30)50-15-13-49(14-16-50)12-9-33(51)53-5-2/h18-23H,4-17,24-25H2,1-3H3,(H,45,46,47). The summed E-state index contributed by atoms with van der Waals surface area (Å²) in [7, 11) is 1.95. The summed E-state index contributed by atoms with van der Waals surface area (Å²) in [5.74, 6) is -0.0834. The van der Waals surface area contributed by atoms with Crippen molar-refractivity contribution in [1.29, 1.82) is 0 Å². The molecule has 1 N–H and O–H groups in total. The number of imidazole rings is 1. The van der Waals surface area contributed by atoms with Crippen LogP contribution in [0.3, 0.4) is 0 Å². The summed E-state index contributed by atoms with van der Waals surface area (Å²) in [6.45, 7) is 9.92. The fraction of sp³-hybridized carbons (Fsp3) is 0.553. The summed E-state index contributed by atoms with van der Waals surface area (Å²) in [5, 5.41) is 0. The maximum Gasteiger partial charge on any atom is 0.416 e. The van der Waals surface area contributed by atoms with E-state index in [2.05, 4.69) is 41.6 Å². The van der Waals surface area contributed by atoms with Crippen molar-refractivity contribution in [3.05, 3.63) is 48.0 Å². The molecule has 1 saturated heterocycles. The van der Waals surface area contributed by atoms with Crippen LogP contribution in [0.1, 0.15) is 64.4 Å². The highest BCUT2D eigenvalue weighted by Crippen LogP contribution is 2.41. The predicted molar refractivity (Wildman–Crippen MR) is 195 cm³/mol. The first kappa shape index (κ1) is 38.4. The van der Waals surface area contributed by atoms with Gasteiger partial charge < -0.3 is 24.3 Å². The van der Waals surface area contributed by atoms with Crippen LogP contribution in [0.25, 0.3) is 33.9 Å². The van der Waals surface area contributed by atoms with Crippen molar-refractivity contribution >= 4 is 28.6 Å². The van der Waals surface area contributed by atoms with Crippen LogP contribution in [0.15, 0.2) is 36.7 Å². The number of nitrogens with zero attached hydrogens (tertiary/aromatic N) is 7. The molecule has 0 atom stereocenters. The number of carbonyl (C=O) groups is 1. The number of aromatic nitrogens is 5. The number of carbonyl (C=O) groups excluding carboxylic acids is 1. The van der Waals surface area contributed by atoms with Gasteiger partial charge in [0.05, 0.1) is 49.0 Å². The fourth-order valence-electron chi connectivity index (χ4n) is 7.33.